The van der Waals surface area contributed by atoms with Gasteiger partial charge in [-0.15, -0.1) is 0 Å². The number of hydrogen-bond acceptors (Lipinski definition) is 4. The predicted molar refractivity (Wildman–Crippen MR) is 388 cm³/mol. The molecule has 0 radical (unpaired) electrons. The molecule has 0 bridgehead atoms. The highest BCUT2D eigenvalue weighted by atomic mass is 15.2. The maximum atomic E-state index is 5.44. The number of benzene rings is 13. The van der Waals surface area contributed by atoms with Crippen molar-refractivity contribution in [1.82, 2.24) is 38.2 Å². The first kappa shape index (κ1) is 53.1. The molecule has 13 aromatic carbocycles. The third kappa shape index (κ3) is 8.61. The Morgan fingerprint density at radius 3 is 0.628 bits per heavy atom. The van der Waals surface area contributed by atoms with Crippen molar-refractivity contribution in [2.24, 2.45) is 0 Å². The van der Waals surface area contributed by atoms with E-state index >= 15 is 0 Å². The van der Waals surface area contributed by atoms with Crippen molar-refractivity contribution in [2.75, 3.05) is 0 Å². The van der Waals surface area contributed by atoms with Crippen LogP contribution in [0.2, 0.25) is 0 Å². The van der Waals surface area contributed by atoms with E-state index in [0.717, 1.165) is 144 Å². The van der Waals surface area contributed by atoms with Crippen LogP contribution in [0.3, 0.4) is 0 Å². The lowest BCUT2D eigenvalue weighted by atomic mass is 9.95. The van der Waals surface area contributed by atoms with Gasteiger partial charge in [0.1, 0.15) is 11.6 Å². The molecule has 19 aromatic rings. The first-order chi connectivity index (χ1) is 46.6. The molecule has 94 heavy (non-hydrogen) atoms. The number of nitrogens with zero attached hydrogens (tertiary/aromatic N) is 8. The van der Waals surface area contributed by atoms with E-state index in [0.29, 0.717) is 11.9 Å². The summed E-state index contributed by atoms with van der Waals surface area (Å²) in [6.45, 7) is 0. The quantitative estimate of drug-likeness (QED) is 0.137. The van der Waals surface area contributed by atoms with E-state index in [9.17, 15) is 0 Å². The van der Waals surface area contributed by atoms with Gasteiger partial charge in [0.2, 0.25) is 11.9 Å². The SMILES string of the molecule is c1cc(-c2ccc(-c3ccc(-c4cc(-n5c6ccccc6c6ccccc65)nc(-n5c6ccccc6c6ccccc65)n4)cc3)cc2)cc(-c2ccc(-c3ccc(-c4cc(-n5c6ccccc6c6ccccc65)nc(-n5c6ccccc6c6ccccc65)n4)cc3)cc2)c1. The van der Waals surface area contributed by atoms with Gasteiger partial charge < -0.3 is 0 Å². The van der Waals surface area contributed by atoms with Gasteiger partial charge in [-0.05, 0) is 99.1 Å². The summed E-state index contributed by atoms with van der Waals surface area (Å²) in [5, 5.41) is 9.39. The van der Waals surface area contributed by atoms with Crippen LogP contribution in [-0.4, -0.2) is 38.2 Å². The normalized spacial score (nSPS) is 11.8. The van der Waals surface area contributed by atoms with Crippen molar-refractivity contribution in [3.05, 3.63) is 328 Å². The third-order valence-electron chi connectivity index (χ3n) is 18.9. The van der Waals surface area contributed by atoms with Gasteiger partial charge in [-0.25, -0.2) is 9.97 Å². The monoisotopic (exact) mass is 1200 g/mol. The molecule has 0 saturated carbocycles. The van der Waals surface area contributed by atoms with E-state index in [-0.39, 0.29) is 0 Å². The molecule has 0 atom stereocenters. The summed E-state index contributed by atoms with van der Waals surface area (Å²) in [5.74, 6) is 2.85. The van der Waals surface area contributed by atoms with Crippen molar-refractivity contribution >= 4 is 87.2 Å². The van der Waals surface area contributed by atoms with Gasteiger partial charge in [0, 0.05) is 66.3 Å². The minimum absolute atomic E-state index is 0.618. The van der Waals surface area contributed by atoms with Gasteiger partial charge in [0.15, 0.2) is 0 Å². The zero-order chi connectivity index (χ0) is 61.8. The smallest absolute Gasteiger partial charge is 0.237 e. The molecule has 0 saturated heterocycles. The van der Waals surface area contributed by atoms with Crippen LogP contribution in [0.5, 0.6) is 0 Å². The van der Waals surface area contributed by atoms with E-state index in [2.05, 4.69) is 346 Å². The summed E-state index contributed by atoms with van der Waals surface area (Å²) in [7, 11) is 0. The zero-order valence-corrected chi connectivity index (χ0v) is 50.8. The summed E-state index contributed by atoms with van der Waals surface area (Å²) >= 11 is 0. The second-order valence-electron chi connectivity index (χ2n) is 24.2. The van der Waals surface area contributed by atoms with Crippen molar-refractivity contribution in [3.8, 4) is 90.6 Å². The van der Waals surface area contributed by atoms with Gasteiger partial charge in [-0.2, -0.15) is 9.97 Å². The minimum Gasteiger partial charge on any atom is -0.294 e. The summed E-state index contributed by atoms with van der Waals surface area (Å²) in [6.07, 6.45) is 0. The molecule has 0 unspecified atom stereocenters. The van der Waals surface area contributed by atoms with Crippen molar-refractivity contribution in [1.29, 1.82) is 0 Å². The largest absolute Gasteiger partial charge is 0.294 e. The highest BCUT2D eigenvalue weighted by molar-refractivity contribution is 6.12. The molecule has 19 rings (SSSR count). The highest BCUT2D eigenvalue weighted by Crippen LogP contribution is 2.40. The fourth-order valence-electron chi connectivity index (χ4n) is 14.4. The lowest BCUT2D eigenvalue weighted by Gasteiger charge is -2.14. The van der Waals surface area contributed by atoms with Gasteiger partial charge in [-0.1, -0.05) is 261 Å². The molecular weight excluding hydrogens is 1150 g/mol. The van der Waals surface area contributed by atoms with Crippen LogP contribution in [0, 0.1) is 0 Å². The van der Waals surface area contributed by atoms with E-state index in [1.807, 2.05) is 0 Å². The van der Waals surface area contributed by atoms with Crippen molar-refractivity contribution in [2.45, 2.75) is 0 Å². The van der Waals surface area contributed by atoms with Gasteiger partial charge >= 0.3 is 0 Å². The molecule has 6 aromatic heterocycles. The Kier molecular flexibility index (Phi) is 12.1. The van der Waals surface area contributed by atoms with Crippen molar-refractivity contribution in [3.63, 3.8) is 0 Å². The lowest BCUT2D eigenvalue weighted by molar-refractivity contribution is 0.951. The van der Waals surface area contributed by atoms with E-state index < -0.39 is 0 Å². The zero-order valence-electron chi connectivity index (χ0n) is 50.8. The molecule has 6 heterocycles. The van der Waals surface area contributed by atoms with Crippen LogP contribution in [-0.2, 0) is 0 Å². The van der Waals surface area contributed by atoms with Crippen LogP contribution in [0.15, 0.2) is 328 Å². The first-order valence-corrected chi connectivity index (χ1v) is 31.9. The van der Waals surface area contributed by atoms with Crippen LogP contribution < -0.4 is 0 Å². The highest BCUT2D eigenvalue weighted by Gasteiger charge is 2.22. The van der Waals surface area contributed by atoms with Crippen LogP contribution in [0.1, 0.15) is 0 Å². The molecule has 0 N–H and O–H groups in total. The Bertz CT molecular complexity index is 5350. The fraction of sp³-hybridized carbons (Fsp3) is 0. The molecule has 0 spiro atoms. The maximum Gasteiger partial charge on any atom is 0.237 e. The second kappa shape index (κ2) is 21.4. The number of aromatic nitrogens is 8. The Balaban J connectivity index is 0.609. The first-order valence-electron chi connectivity index (χ1n) is 31.9. The Labute approximate surface area is 540 Å². The Morgan fingerprint density at radius 2 is 0.372 bits per heavy atom. The van der Waals surface area contributed by atoms with Crippen molar-refractivity contribution < 1.29 is 0 Å². The van der Waals surface area contributed by atoms with Gasteiger partial charge in [0.05, 0.1) is 55.5 Å². The molecule has 8 heteroatoms. The second-order valence-corrected chi connectivity index (χ2v) is 24.2. The van der Waals surface area contributed by atoms with Crippen LogP contribution in [0.4, 0.5) is 0 Å². The molecule has 0 aliphatic rings. The Hall–Kier alpha value is -12.8. The van der Waals surface area contributed by atoms with Gasteiger partial charge in [-0.3, -0.25) is 18.3 Å². The summed E-state index contributed by atoms with van der Waals surface area (Å²) in [4.78, 5) is 21.7. The van der Waals surface area contributed by atoms with Gasteiger partial charge in [0.25, 0.3) is 0 Å². The number of para-hydroxylation sites is 8. The number of hydrogen-bond donors (Lipinski definition) is 0. The summed E-state index contributed by atoms with van der Waals surface area (Å²) in [6, 6.07) is 117. The summed E-state index contributed by atoms with van der Waals surface area (Å²) in [5.41, 5.74) is 21.5. The average molecular weight is 1200 g/mol. The maximum absolute atomic E-state index is 5.44. The summed E-state index contributed by atoms with van der Waals surface area (Å²) < 4.78 is 8.98. The van der Waals surface area contributed by atoms with Crippen LogP contribution >= 0.6 is 0 Å². The molecule has 0 amide bonds. The predicted octanol–water partition coefficient (Wildman–Crippen LogP) is 21.7. The standard InChI is InChI=1S/C86H54N8/c1-9-28-75-65(20-1)66-21-2-10-29-76(66)91(75)83-53-73(87-85(89-83)93-79-32-13-5-24-69(79)70-25-6-14-33-80(70)93)61-48-44-57(45-49-61)55-36-40-59(41-37-55)63-18-17-19-64(52-63)60-42-38-56(39-43-60)58-46-50-62(51-47-58)74-54-84(92-77-30-11-3-22-67(77)68-23-4-12-31-78(68)92)90-86(88-74)94-81-34-15-7-26-71(81)72-27-8-16-35-82(72)94/h1-54H. The number of fused-ring (bicyclic) bond motifs is 12. The fourth-order valence-corrected chi connectivity index (χ4v) is 14.4. The molecule has 8 nitrogen and oxygen atoms in total. The molecular formula is C86H54N8. The Morgan fingerprint density at radius 1 is 0.160 bits per heavy atom. The third-order valence-corrected chi connectivity index (χ3v) is 18.9. The minimum atomic E-state index is 0.618. The molecule has 0 aliphatic carbocycles. The molecule has 438 valence electrons. The van der Waals surface area contributed by atoms with Crippen LogP contribution in [0.25, 0.3) is 178 Å². The molecule has 0 aliphatic heterocycles. The lowest BCUT2D eigenvalue weighted by Crippen LogP contribution is -2.07. The van der Waals surface area contributed by atoms with E-state index in [1.165, 1.54) is 21.5 Å². The van der Waals surface area contributed by atoms with E-state index in [4.69, 9.17) is 19.9 Å². The topological polar surface area (TPSA) is 71.3 Å². The molecule has 0 fully saturated rings. The van der Waals surface area contributed by atoms with E-state index in [1.54, 1.807) is 0 Å². The number of rotatable bonds is 10. The average Bonchev–Trinajstić information content (AvgIpc) is 1.64.